The zero-order valence-electron chi connectivity index (χ0n) is 15.8. The van der Waals surface area contributed by atoms with Crippen LogP contribution < -0.4 is 0 Å². The molecule has 1 heterocycles. The number of fused-ring (bicyclic) bond motifs is 1. The van der Waals surface area contributed by atoms with Gasteiger partial charge in [-0.25, -0.2) is 4.68 Å². The predicted molar refractivity (Wildman–Crippen MR) is 101 cm³/mol. The van der Waals surface area contributed by atoms with Crippen molar-refractivity contribution in [2.75, 3.05) is 7.05 Å². The zero-order chi connectivity index (χ0) is 18.4. The van der Waals surface area contributed by atoms with E-state index >= 15 is 0 Å². The van der Waals surface area contributed by atoms with E-state index in [1.54, 1.807) is 11.9 Å². The molecular weight excluding hydrogens is 326 g/mol. The summed E-state index contributed by atoms with van der Waals surface area (Å²) < 4.78 is 1.98. The van der Waals surface area contributed by atoms with Crippen LogP contribution in [-0.4, -0.2) is 44.9 Å². The Labute approximate surface area is 154 Å². The average molecular weight is 353 g/mol. The molecule has 0 saturated heterocycles. The summed E-state index contributed by atoms with van der Waals surface area (Å²) in [5, 5.41) is 14.9. The molecule has 0 spiro atoms. The molecule has 1 aromatic heterocycles. The molecule has 1 saturated carbocycles. The second-order valence-electron chi connectivity index (χ2n) is 7.81. The molecule has 138 valence electrons. The van der Waals surface area contributed by atoms with Gasteiger partial charge in [0.1, 0.15) is 0 Å². The van der Waals surface area contributed by atoms with Crippen LogP contribution in [0.3, 0.4) is 0 Å². The molecule has 1 aromatic carbocycles. The Morgan fingerprint density at radius 2 is 2.04 bits per heavy atom. The number of aromatic nitrogens is 2. The van der Waals surface area contributed by atoms with Gasteiger partial charge in [-0.3, -0.25) is 4.79 Å². The zero-order valence-corrected chi connectivity index (χ0v) is 15.8. The first-order valence-electron chi connectivity index (χ1n) is 9.61. The summed E-state index contributed by atoms with van der Waals surface area (Å²) >= 11 is 0. The first-order valence-corrected chi connectivity index (χ1v) is 9.61. The third-order valence-corrected chi connectivity index (χ3v) is 5.98. The van der Waals surface area contributed by atoms with E-state index in [0.29, 0.717) is 5.69 Å². The summed E-state index contributed by atoms with van der Waals surface area (Å²) in [5.74, 6) is -0.0578. The number of benzene rings is 1. The molecule has 0 aliphatic heterocycles. The van der Waals surface area contributed by atoms with Crippen LogP contribution in [0.25, 0.3) is 5.69 Å². The largest absolute Gasteiger partial charge is 0.391 e. The maximum atomic E-state index is 13.2. The Hall–Kier alpha value is -2.14. The fourth-order valence-corrected chi connectivity index (χ4v) is 4.54. The molecule has 5 heteroatoms. The molecule has 1 fully saturated rings. The minimum Gasteiger partial charge on any atom is -0.391 e. The topological polar surface area (TPSA) is 58.4 Å². The van der Waals surface area contributed by atoms with E-state index in [0.717, 1.165) is 49.8 Å². The monoisotopic (exact) mass is 353 g/mol. The Kier molecular flexibility index (Phi) is 4.35. The standard InChI is InChI=1S/C21H27N3O2/c1-13-10-11-16(14(2)12-13)24-17-7-4-6-15(17)20(22-24)21(26)23(3)18-8-5-9-19(18)25/h10-12,18-19,25H,4-9H2,1-3H3/t18-,19-/m1/s1. The molecule has 2 atom stereocenters. The van der Waals surface area contributed by atoms with Crippen molar-refractivity contribution in [1.82, 2.24) is 14.7 Å². The van der Waals surface area contributed by atoms with Crippen molar-refractivity contribution in [3.8, 4) is 5.69 Å². The van der Waals surface area contributed by atoms with Crippen molar-refractivity contribution >= 4 is 5.91 Å². The number of nitrogens with zero attached hydrogens (tertiary/aromatic N) is 3. The molecule has 0 radical (unpaired) electrons. The minimum absolute atomic E-state index is 0.0578. The van der Waals surface area contributed by atoms with Gasteiger partial charge in [0, 0.05) is 18.3 Å². The number of amides is 1. The van der Waals surface area contributed by atoms with E-state index in [2.05, 4.69) is 32.0 Å². The molecule has 2 aromatic rings. The van der Waals surface area contributed by atoms with Crippen LogP contribution in [-0.2, 0) is 12.8 Å². The third-order valence-electron chi connectivity index (χ3n) is 5.98. The predicted octanol–water partition coefficient (Wildman–Crippen LogP) is 2.96. The van der Waals surface area contributed by atoms with Crippen LogP contribution in [0.15, 0.2) is 18.2 Å². The normalized spacial score (nSPS) is 21.8. The Balaban J connectivity index is 1.73. The number of carbonyl (C=O) groups is 1. The van der Waals surface area contributed by atoms with Crippen molar-refractivity contribution in [2.45, 2.75) is 64.5 Å². The highest BCUT2D eigenvalue weighted by atomic mass is 16.3. The summed E-state index contributed by atoms with van der Waals surface area (Å²) in [7, 11) is 1.80. The van der Waals surface area contributed by atoms with Gasteiger partial charge in [0.15, 0.2) is 5.69 Å². The number of aliphatic hydroxyl groups excluding tert-OH is 1. The van der Waals surface area contributed by atoms with Gasteiger partial charge in [0.25, 0.3) is 5.91 Å². The molecule has 0 bridgehead atoms. The van der Waals surface area contributed by atoms with E-state index < -0.39 is 6.10 Å². The summed E-state index contributed by atoms with van der Waals surface area (Å²) in [4.78, 5) is 14.9. The lowest BCUT2D eigenvalue weighted by atomic mass is 10.1. The van der Waals surface area contributed by atoms with E-state index in [4.69, 9.17) is 5.10 Å². The van der Waals surface area contributed by atoms with Gasteiger partial charge in [-0.1, -0.05) is 17.7 Å². The SMILES string of the molecule is Cc1ccc(-n2nc(C(=O)N(C)[C@@H]3CCC[C@H]3O)c3c2CCC3)c(C)c1. The molecule has 1 amide bonds. The highest BCUT2D eigenvalue weighted by Crippen LogP contribution is 2.31. The fourth-order valence-electron chi connectivity index (χ4n) is 4.54. The highest BCUT2D eigenvalue weighted by molar-refractivity contribution is 5.94. The minimum atomic E-state index is -0.418. The molecule has 4 rings (SSSR count). The number of hydrogen-bond acceptors (Lipinski definition) is 3. The van der Waals surface area contributed by atoms with Gasteiger partial charge in [-0.2, -0.15) is 5.10 Å². The van der Waals surface area contributed by atoms with E-state index in [9.17, 15) is 9.90 Å². The maximum Gasteiger partial charge on any atom is 0.274 e. The maximum absolute atomic E-state index is 13.2. The fraction of sp³-hybridized carbons (Fsp3) is 0.524. The first-order chi connectivity index (χ1) is 12.5. The van der Waals surface area contributed by atoms with E-state index in [-0.39, 0.29) is 11.9 Å². The number of carbonyl (C=O) groups excluding carboxylic acids is 1. The van der Waals surface area contributed by atoms with Crippen LogP contribution in [0, 0.1) is 13.8 Å². The number of rotatable bonds is 3. The van der Waals surface area contributed by atoms with Crippen molar-refractivity contribution in [1.29, 1.82) is 0 Å². The van der Waals surface area contributed by atoms with Crippen LogP contribution >= 0.6 is 0 Å². The van der Waals surface area contributed by atoms with Crippen molar-refractivity contribution < 1.29 is 9.90 Å². The van der Waals surface area contributed by atoms with Crippen molar-refractivity contribution in [2.24, 2.45) is 0 Å². The first kappa shape index (κ1) is 17.3. The van der Waals surface area contributed by atoms with Crippen molar-refractivity contribution in [3.63, 3.8) is 0 Å². The number of aryl methyl sites for hydroxylation is 2. The summed E-state index contributed by atoms with van der Waals surface area (Å²) in [6.07, 6.45) is 5.12. The number of likely N-dealkylation sites (N-methyl/N-ethyl adjacent to an activating group) is 1. The third kappa shape index (κ3) is 2.75. The lowest BCUT2D eigenvalue weighted by Crippen LogP contribution is -2.42. The molecule has 2 aliphatic rings. The summed E-state index contributed by atoms with van der Waals surface area (Å²) in [6.45, 7) is 4.18. The molecule has 2 aliphatic carbocycles. The number of aliphatic hydroxyl groups is 1. The molecule has 1 N–H and O–H groups in total. The summed E-state index contributed by atoms with van der Waals surface area (Å²) in [6, 6.07) is 6.25. The van der Waals surface area contributed by atoms with Crippen LogP contribution in [0.1, 0.15) is 58.6 Å². The number of hydrogen-bond donors (Lipinski definition) is 1. The van der Waals surface area contributed by atoms with Crippen LogP contribution in [0.5, 0.6) is 0 Å². The Morgan fingerprint density at radius 1 is 1.23 bits per heavy atom. The Bertz CT molecular complexity index is 855. The van der Waals surface area contributed by atoms with Gasteiger partial charge in [0.05, 0.1) is 17.8 Å². The Morgan fingerprint density at radius 3 is 2.73 bits per heavy atom. The average Bonchev–Trinajstić information content (AvgIpc) is 3.30. The van der Waals surface area contributed by atoms with E-state index in [1.165, 1.54) is 16.8 Å². The van der Waals surface area contributed by atoms with Gasteiger partial charge in [-0.05, 0) is 64.0 Å². The summed E-state index contributed by atoms with van der Waals surface area (Å²) in [5.41, 5.74) is 6.27. The highest BCUT2D eigenvalue weighted by Gasteiger charge is 2.35. The van der Waals surface area contributed by atoms with Crippen LogP contribution in [0.4, 0.5) is 0 Å². The quantitative estimate of drug-likeness (QED) is 0.923. The molecule has 0 unspecified atom stereocenters. The van der Waals surface area contributed by atoms with Gasteiger partial charge in [-0.15, -0.1) is 0 Å². The lowest BCUT2D eigenvalue weighted by molar-refractivity contribution is 0.0532. The second kappa shape index (κ2) is 6.54. The van der Waals surface area contributed by atoms with Gasteiger partial charge in [0.2, 0.25) is 0 Å². The van der Waals surface area contributed by atoms with Crippen LogP contribution in [0.2, 0.25) is 0 Å². The second-order valence-corrected chi connectivity index (χ2v) is 7.81. The van der Waals surface area contributed by atoms with Crippen molar-refractivity contribution in [3.05, 3.63) is 46.3 Å². The molecular formula is C21H27N3O2. The van der Waals surface area contributed by atoms with Gasteiger partial charge >= 0.3 is 0 Å². The smallest absolute Gasteiger partial charge is 0.274 e. The van der Waals surface area contributed by atoms with Gasteiger partial charge < -0.3 is 10.0 Å². The van der Waals surface area contributed by atoms with E-state index in [1.807, 2.05) is 4.68 Å². The molecule has 26 heavy (non-hydrogen) atoms. The lowest BCUT2D eigenvalue weighted by Gasteiger charge is -2.26. The molecule has 5 nitrogen and oxygen atoms in total.